The minimum Gasteiger partial charge on any atom is -0.313 e. The van der Waals surface area contributed by atoms with E-state index < -0.39 is 10.2 Å². The molecule has 0 amide bonds. The van der Waals surface area contributed by atoms with Gasteiger partial charge in [0, 0.05) is 19.6 Å². The summed E-state index contributed by atoms with van der Waals surface area (Å²) in [4.78, 5) is 0. The smallest absolute Gasteiger partial charge is 0.276 e. The monoisotopic (exact) mass is 233 g/mol. The minimum atomic E-state index is -3.28. The predicted molar refractivity (Wildman–Crippen MR) is 60.8 cm³/mol. The molecule has 15 heavy (non-hydrogen) atoms. The van der Waals surface area contributed by atoms with Gasteiger partial charge in [0.1, 0.15) is 0 Å². The summed E-state index contributed by atoms with van der Waals surface area (Å²) in [7, 11) is -3.28. The van der Waals surface area contributed by atoms with Crippen LogP contribution in [0.3, 0.4) is 0 Å². The standard InChI is InChI=1S/C9H19N3O2S/c1-2-11-15(13,14)12-8-5-9-3-6-10-7-4-9/h3,10-12H,2,4-8H2,1H3. The molecule has 3 N–H and O–H groups in total. The normalized spacial score (nSPS) is 17.5. The van der Waals surface area contributed by atoms with Crippen molar-refractivity contribution in [3.05, 3.63) is 11.6 Å². The molecule has 0 spiro atoms. The van der Waals surface area contributed by atoms with Gasteiger partial charge in [0.2, 0.25) is 0 Å². The molecule has 0 unspecified atom stereocenters. The van der Waals surface area contributed by atoms with Crippen LogP contribution in [0.5, 0.6) is 0 Å². The molecule has 0 aliphatic carbocycles. The van der Waals surface area contributed by atoms with Crippen LogP contribution in [-0.2, 0) is 10.2 Å². The van der Waals surface area contributed by atoms with Crippen LogP contribution in [0, 0.1) is 0 Å². The van der Waals surface area contributed by atoms with Crippen molar-refractivity contribution in [3.63, 3.8) is 0 Å². The zero-order chi connectivity index (χ0) is 11.1. The summed E-state index contributed by atoms with van der Waals surface area (Å²) in [5.74, 6) is 0. The van der Waals surface area contributed by atoms with Gasteiger partial charge in [-0.3, -0.25) is 0 Å². The van der Waals surface area contributed by atoms with Crippen LogP contribution in [0.15, 0.2) is 11.6 Å². The lowest BCUT2D eigenvalue weighted by molar-refractivity contribution is 0.567. The number of hydrogen-bond donors (Lipinski definition) is 3. The van der Waals surface area contributed by atoms with E-state index in [0.717, 1.165) is 25.9 Å². The number of rotatable bonds is 6. The zero-order valence-corrected chi connectivity index (χ0v) is 9.86. The van der Waals surface area contributed by atoms with E-state index in [-0.39, 0.29) is 0 Å². The maximum atomic E-state index is 11.2. The summed E-state index contributed by atoms with van der Waals surface area (Å²) in [6.45, 7) is 4.54. The first-order valence-electron chi connectivity index (χ1n) is 5.27. The molecule has 0 fully saturated rings. The third-order valence-electron chi connectivity index (χ3n) is 2.23. The van der Waals surface area contributed by atoms with Crippen LogP contribution in [-0.4, -0.2) is 34.6 Å². The van der Waals surface area contributed by atoms with Crippen LogP contribution in [0.4, 0.5) is 0 Å². The van der Waals surface area contributed by atoms with E-state index in [9.17, 15) is 8.42 Å². The summed E-state index contributed by atoms with van der Waals surface area (Å²) in [5, 5.41) is 3.21. The maximum absolute atomic E-state index is 11.2. The fourth-order valence-electron chi connectivity index (χ4n) is 1.48. The first kappa shape index (κ1) is 12.6. The number of hydrogen-bond acceptors (Lipinski definition) is 3. The Hall–Kier alpha value is -0.430. The van der Waals surface area contributed by atoms with Crippen LogP contribution >= 0.6 is 0 Å². The molecule has 0 aromatic heterocycles. The number of nitrogens with one attached hydrogen (secondary N) is 3. The van der Waals surface area contributed by atoms with E-state index in [2.05, 4.69) is 20.8 Å². The van der Waals surface area contributed by atoms with Gasteiger partial charge < -0.3 is 5.32 Å². The molecule has 0 radical (unpaired) electrons. The third-order valence-corrected chi connectivity index (χ3v) is 3.48. The quantitative estimate of drug-likeness (QED) is 0.554. The fraction of sp³-hybridized carbons (Fsp3) is 0.778. The summed E-state index contributed by atoms with van der Waals surface area (Å²) in [6.07, 6.45) is 3.94. The molecule has 0 aromatic carbocycles. The van der Waals surface area contributed by atoms with E-state index in [4.69, 9.17) is 0 Å². The Balaban J connectivity index is 2.23. The first-order chi connectivity index (χ1) is 7.14. The van der Waals surface area contributed by atoms with Gasteiger partial charge in [0.05, 0.1) is 0 Å². The highest BCUT2D eigenvalue weighted by Gasteiger charge is 2.07. The average molecular weight is 233 g/mol. The molecule has 0 atom stereocenters. The fourth-order valence-corrected chi connectivity index (χ4v) is 2.34. The molecule has 1 heterocycles. The predicted octanol–water partition coefficient (Wildman–Crippen LogP) is -0.260. The van der Waals surface area contributed by atoms with E-state index >= 15 is 0 Å². The lowest BCUT2D eigenvalue weighted by atomic mass is 10.1. The lowest BCUT2D eigenvalue weighted by Gasteiger charge is -2.14. The molecular weight excluding hydrogens is 214 g/mol. The van der Waals surface area contributed by atoms with Crippen molar-refractivity contribution in [2.45, 2.75) is 19.8 Å². The van der Waals surface area contributed by atoms with Gasteiger partial charge in [0.25, 0.3) is 10.2 Å². The summed E-state index contributed by atoms with van der Waals surface area (Å²) in [6, 6.07) is 0. The van der Waals surface area contributed by atoms with Crippen molar-refractivity contribution in [1.29, 1.82) is 0 Å². The highest BCUT2D eigenvalue weighted by Crippen LogP contribution is 2.07. The van der Waals surface area contributed by atoms with Gasteiger partial charge in [-0.1, -0.05) is 18.6 Å². The largest absolute Gasteiger partial charge is 0.313 e. The summed E-state index contributed by atoms with van der Waals surface area (Å²) >= 11 is 0. The Bertz CT molecular complexity index is 311. The van der Waals surface area contributed by atoms with Crippen molar-refractivity contribution in [2.24, 2.45) is 0 Å². The van der Waals surface area contributed by atoms with Gasteiger partial charge in [-0.25, -0.2) is 9.44 Å². The third kappa shape index (κ3) is 5.27. The Morgan fingerprint density at radius 1 is 1.47 bits per heavy atom. The van der Waals surface area contributed by atoms with Gasteiger partial charge in [-0.05, 0) is 19.4 Å². The molecule has 0 bridgehead atoms. The Morgan fingerprint density at radius 3 is 2.87 bits per heavy atom. The Kier molecular flexibility index (Phi) is 5.24. The maximum Gasteiger partial charge on any atom is 0.276 e. The highest BCUT2D eigenvalue weighted by atomic mass is 32.2. The lowest BCUT2D eigenvalue weighted by Crippen LogP contribution is -2.37. The molecular formula is C9H19N3O2S. The summed E-state index contributed by atoms with van der Waals surface area (Å²) < 4.78 is 27.3. The van der Waals surface area contributed by atoms with Crippen LogP contribution in [0.25, 0.3) is 0 Å². The highest BCUT2D eigenvalue weighted by molar-refractivity contribution is 7.87. The van der Waals surface area contributed by atoms with Crippen molar-refractivity contribution >= 4 is 10.2 Å². The molecule has 88 valence electrons. The van der Waals surface area contributed by atoms with Gasteiger partial charge in [0.15, 0.2) is 0 Å². The molecule has 1 aliphatic rings. The van der Waals surface area contributed by atoms with Crippen LogP contribution in [0.2, 0.25) is 0 Å². The second-order valence-electron chi connectivity index (χ2n) is 3.46. The van der Waals surface area contributed by atoms with E-state index in [1.807, 2.05) is 0 Å². The molecule has 0 saturated heterocycles. The zero-order valence-electron chi connectivity index (χ0n) is 9.04. The molecule has 1 rings (SSSR count). The molecule has 5 nitrogen and oxygen atoms in total. The van der Waals surface area contributed by atoms with Crippen LogP contribution in [0.1, 0.15) is 19.8 Å². The van der Waals surface area contributed by atoms with Gasteiger partial charge in [-0.2, -0.15) is 8.42 Å². The van der Waals surface area contributed by atoms with Crippen LogP contribution < -0.4 is 14.8 Å². The SMILES string of the molecule is CCNS(=O)(=O)NCCC1=CCNCC1. The second kappa shape index (κ2) is 6.22. The van der Waals surface area contributed by atoms with Gasteiger partial charge in [-0.15, -0.1) is 0 Å². The van der Waals surface area contributed by atoms with E-state index in [1.165, 1.54) is 5.57 Å². The molecule has 0 saturated carbocycles. The van der Waals surface area contributed by atoms with Crippen molar-refractivity contribution < 1.29 is 8.42 Å². The van der Waals surface area contributed by atoms with Crippen molar-refractivity contribution in [3.8, 4) is 0 Å². The van der Waals surface area contributed by atoms with E-state index in [1.54, 1.807) is 6.92 Å². The van der Waals surface area contributed by atoms with Gasteiger partial charge >= 0.3 is 0 Å². The van der Waals surface area contributed by atoms with Crippen molar-refractivity contribution in [2.75, 3.05) is 26.2 Å². The Morgan fingerprint density at radius 2 is 2.27 bits per heavy atom. The van der Waals surface area contributed by atoms with E-state index in [0.29, 0.717) is 13.1 Å². The average Bonchev–Trinajstić information content (AvgIpc) is 2.19. The molecule has 1 aliphatic heterocycles. The molecule has 0 aromatic rings. The summed E-state index contributed by atoms with van der Waals surface area (Å²) in [5.41, 5.74) is 1.33. The second-order valence-corrected chi connectivity index (χ2v) is 5.05. The molecule has 6 heteroatoms. The van der Waals surface area contributed by atoms with Crippen molar-refractivity contribution in [1.82, 2.24) is 14.8 Å². The first-order valence-corrected chi connectivity index (χ1v) is 6.75. The minimum absolute atomic E-state index is 0.419. The Labute approximate surface area is 91.5 Å². The topological polar surface area (TPSA) is 70.2 Å².